The van der Waals surface area contributed by atoms with Crippen LogP contribution in [0.2, 0.25) is 0 Å². The summed E-state index contributed by atoms with van der Waals surface area (Å²) in [6.45, 7) is 12.8. The van der Waals surface area contributed by atoms with E-state index in [2.05, 4.69) is 0 Å². The van der Waals surface area contributed by atoms with Gasteiger partial charge in [0.15, 0.2) is 0 Å². The molecular formula is C24H34N2O5. The van der Waals surface area contributed by atoms with Crippen molar-refractivity contribution in [3.8, 4) is 0 Å². The summed E-state index contributed by atoms with van der Waals surface area (Å²) in [4.78, 5) is 44.8. The van der Waals surface area contributed by atoms with Crippen LogP contribution < -0.4 is 0 Å². The van der Waals surface area contributed by atoms with Gasteiger partial charge in [0.25, 0.3) is 5.91 Å². The maximum Gasteiger partial charge on any atom is 0.417 e. The zero-order chi connectivity index (χ0) is 23.4. The molecule has 0 radical (unpaired) electrons. The number of esters is 1. The molecule has 1 aromatic rings. The highest BCUT2D eigenvalue weighted by Gasteiger charge is 2.50. The van der Waals surface area contributed by atoms with Gasteiger partial charge in [0, 0.05) is 6.42 Å². The van der Waals surface area contributed by atoms with Gasteiger partial charge >= 0.3 is 12.1 Å². The van der Waals surface area contributed by atoms with E-state index in [1.165, 1.54) is 4.90 Å². The molecule has 0 spiro atoms. The third kappa shape index (κ3) is 5.93. The summed E-state index contributed by atoms with van der Waals surface area (Å²) in [7, 11) is 0. The average Bonchev–Trinajstić information content (AvgIpc) is 2.67. The smallest absolute Gasteiger partial charge is 0.417 e. The van der Waals surface area contributed by atoms with Crippen molar-refractivity contribution in [1.29, 1.82) is 0 Å². The molecule has 0 N–H and O–H groups in total. The summed E-state index contributed by atoms with van der Waals surface area (Å²) < 4.78 is 10.6. The van der Waals surface area contributed by atoms with Gasteiger partial charge in [-0.05, 0) is 52.5 Å². The number of aliphatic imine (C=N–C) groups is 1. The largest absolute Gasteiger partial charge is 0.466 e. The molecule has 2 amide bonds. The molecule has 0 aromatic heterocycles. The third-order valence-electron chi connectivity index (χ3n) is 5.02. The molecule has 1 aromatic carbocycles. The van der Waals surface area contributed by atoms with Crippen LogP contribution in [0.4, 0.5) is 4.79 Å². The highest BCUT2D eigenvalue weighted by atomic mass is 16.6. The molecule has 1 aliphatic heterocycles. The number of benzene rings is 1. The minimum absolute atomic E-state index is 0.0240. The van der Waals surface area contributed by atoms with Crippen molar-refractivity contribution in [2.75, 3.05) is 6.61 Å². The Bertz CT molecular complexity index is 841. The van der Waals surface area contributed by atoms with Crippen LogP contribution in [0.25, 0.3) is 0 Å². The second-order valence-electron chi connectivity index (χ2n) is 9.29. The lowest BCUT2D eigenvalue weighted by Crippen LogP contribution is -2.62. The van der Waals surface area contributed by atoms with Crippen LogP contribution in [0.1, 0.15) is 66.9 Å². The van der Waals surface area contributed by atoms with E-state index < -0.39 is 35.2 Å². The second kappa shape index (κ2) is 9.62. The van der Waals surface area contributed by atoms with E-state index in [9.17, 15) is 14.4 Å². The Morgan fingerprint density at radius 2 is 1.81 bits per heavy atom. The fraction of sp³-hybridized carbons (Fsp3) is 0.583. The molecule has 0 fully saturated rings. The van der Waals surface area contributed by atoms with Crippen LogP contribution >= 0.6 is 0 Å². The van der Waals surface area contributed by atoms with Gasteiger partial charge in [-0.25, -0.2) is 9.69 Å². The highest BCUT2D eigenvalue weighted by molar-refractivity contribution is 6.14. The third-order valence-corrected chi connectivity index (χ3v) is 5.02. The molecule has 1 heterocycles. The number of rotatable bonds is 6. The molecule has 2 atom stereocenters. The number of amides is 2. The van der Waals surface area contributed by atoms with Crippen molar-refractivity contribution in [2.45, 2.75) is 78.5 Å². The van der Waals surface area contributed by atoms with Gasteiger partial charge in [0.05, 0.1) is 18.4 Å². The van der Waals surface area contributed by atoms with E-state index in [-0.39, 0.29) is 25.4 Å². The first-order valence-corrected chi connectivity index (χ1v) is 10.8. The fourth-order valence-corrected chi connectivity index (χ4v) is 3.60. The minimum atomic E-state index is -1.29. The zero-order valence-corrected chi connectivity index (χ0v) is 19.6. The van der Waals surface area contributed by atoms with Crippen LogP contribution in [-0.4, -0.2) is 52.4 Å². The van der Waals surface area contributed by atoms with E-state index in [0.717, 1.165) is 5.56 Å². The van der Waals surface area contributed by atoms with Gasteiger partial charge in [0.1, 0.15) is 11.1 Å². The first-order chi connectivity index (χ1) is 14.4. The van der Waals surface area contributed by atoms with Crippen LogP contribution in [0.5, 0.6) is 0 Å². The van der Waals surface area contributed by atoms with Crippen LogP contribution in [-0.2, 0) is 19.1 Å². The van der Waals surface area contributed by atoms with Crippen LogP contribution in [0.15, 0.2) is 35.3 Å². The first-order valence-electron chi connectivity index (χ1n) is 10.8. The van der Waals surface area contributed by atoms with Crippen molar-refractivity contribution in [2.24, 2.45) is 10.9 Å². The Morgan fingerprint density at radius 3 is 2.32 bits per heavy atom. The molecule has 0 aliphatic carbocycles. The summed E-state index contributed by atoms with van der Waals surface area (Å²) in [5, 5.41) is 0. The molecule has 1 aliphatic rings. The molecule has 0 bridgehead atoms. The lowest BCUT2D eigenvalue weighted by molar-refractivity contribution is -0.144. The lowest BCUT2D eigenvalue weighted by Gasteiger charge is -2.43. The molecule has 0 saturated heterocycles. The van der Waals surface area contributed by atoms with Gasteiger partial charge in [-0.15, -0.1) is 0 Å². The zero-order valence-electron chi connectivity index (χ0n) is 19.6. The molecule has 170 valence electrons. The Hall–Kier alpha value is -2.70. The molecule has 31 heavy (non-hydrogen) atoms. The van der Waals surface area contributed by atoms with Crippen molar-refractivity contribution in [3.63, 3.8) is 0 Å². The average molecular weight is 431 g/mol. The van der Waals surface area contributed by atoms with Crippen LogP contribution in [0.3, 0.4) is 0 Å². The number of hydrogen-bond donors (Lipinski definition) is 0. The second-order valence-corrected chi connectivity index (χ2v) is 9.29. The van der Waals surface area contributed by atoms with E-state index in [0.29, 0.717) is 5.71 Å². The molecule has 0 saturated carbocycles. The summed E-state index contributed by atoms with van der Waals surface area (Å²) in [5.74, 6) is -0.961. The summed E-state index contributed by atoms with van der Waals surface area (Å²) in [6, 6.07) is 8.90. The predicted molar refractivity (Wildman–Crippen MR) is 119 cm³/mol. The van der Waals surface area contributed by atoms with Gasteiger partial charge in [-0.1, -0.05) is 44.2 Å². The van der Waals surface area contributed by atoms with Crippen LogP contribution in [0, 0.1) is 5.92 Å². The standard InChI is InChI=1S/C24H34N2O5/c1-8-30-18(27)14-15-24(7)21(28)26(22(29)31-23(4,5)6)20(16(2)3)19(25-24)17-12-10-9-11-13-17/h9-13,16,20H,8,14-15H2,1-7H3/t20-,24+/m1/s1. The minimum Gasteiger partial charge on any atom is -0.466 e. The highest BCUT2D eigenvalue weighted by Crippen LogP contribution is 2.33. The maximum atomic E-state index is 13.6. The Morgan fingerprint density at radius 1 is 1.19 bits per heavy atom. The molecule has 7 nitrogen and oxygen atoms in total. The topological polar surface area (TPSA) is 85.3 Å². The van der Waals surface area contributed by atoms with Gasteiger partial charge in [0.2, 0.25) is 0 Å². The van der Waals surface area contributed by atoms with Crippen molar-refractivity contribution in [3.05, 3.63) is 35.9 Å². The number of imide groups is 1. The number of carbonyl (C=O) groups excluding carboxylic acids is 3. The maximum absolute atomic E-state index is 13.6. The van der Waals surface area contributed by atoms with E-state index >= 15 is 0 Å². The van der Waals surface area contributed by atoms with Gasteiger partial charge in [-0.2, -0.15) is 0 Å². The Balaban J connectivity index is 2.57. The number of nitrogens with zero attached hydrogens (tertiary/aromatic N) is 2. The SMILES string of the molecule is CCOC(=O)CC[C@]1(C)N=C(c2ccccc2)[C@@H](C(C)C)N(C(=O)OC(C)(C)C)C1=O. The normalized spacial score (nSPS) is 21.7. The first kappa shape index (κ1) is 24.6. The monoisotopic (exact) mass is 430 g/mol. The molecule has 7 heteroatoms. The predicted octanol–water partition coefficient (Wildman–Crippen LogP) is 4.38. The number of hydrogen-bond acceptors (Lipinski definition) is 6. The Labute approximate surface area is 184 Å². The summed E-state index contributed by atoms with van der Waals surface area (Å²) >= 11 is 0. The van der Waals surface area contributed by atoms with E-state index in [4.69, 9.17) is 14.5 Å². The number of ether oxygens (including phenoxy) is 2. The quantitative estimate of drug-likeness (QED) is 0.625. The van der Waals surface area contributed by atoms with Gasteiger partial charge in [-0.3, -0.25) is 14.6 Å². The van der Waals surface area contributed by atoms with Crippen molar-refractivity contribution in [1.82, 2.24) is 4.90 Å². The molecular weight excluding hydrogens is 396 g/mol. The summed E-state index contributed by atoms with van der Waals surface area (Å²) in [5.41, 5.74) is -0.598. The molecule has 0 unspecified atom stereocenters. The van der Waals surface area contributed by atoms with Gasteiger partial charge < -0.3 is 9.47 Å². The van der Waals surface area contributed by atoms with Crippen molar-refractivity contribution < 1.29 is 23.9 Å². The summed E-state index contributed by atoms with van der Waals surface area (Å²) in [6.07, 6.45) is -0.553. The lowest BCUT2D eigenvalue weighted by atomic mass is 9.84. The number of carbonyl (C=O) groups is 3. The van der Waals surface area contributed by atoms with E-state index in [1.54, 1.807) is 34.6 Å². The fourth-order valence-electron chi connectivity index (χ4n) is 3.60. The Kier molecular flexibility index (Phi) is 7.63. The van der Waals surface area contributed by atoms with Crippen molar-refractivity contribution >= 4 is 23.7 Å². The molecule has 2 rings (SSSR count). The van der Waals surface area contributed by atoms with E-state index in [1.807, 2.05) is 44.2 Å².